The van der Waals surface area contributed by atoms with Crippen LogP contribution in [0.3, 0.4) is 0 Å². The van der Waals surface area contributed by atoms with E-state index in [4.69, 9.17) is 11.6 Å². The first kappa shape index (κ1) is 11.7. The zero-order valence-corrected chi connectivity index (χ0v) is 10.7. The molecule has 0 amide bonds. The largest absolute Gasteiger partial charge is 0.373 e. The summed E-state index contributed by atoms with van der Waals surface area (Å²) in [6.07, 6.45) is 2.58. The van der Waals surface area contributed by atoms with Gasteiger partial charge >= 0.3 is 0 Å². The van der Waals surface area contributed by atoms with Gasteiger partial charge in [0.2, 0.25) is 0 Å². The first-order valence-corrected chi connectivity index (χ1v) is 6.26. The Morgan fingerprint density at radius 1 is 1.50 bits per heavy atom. The van der Waals surface area contributed by atoms with Gasteiger partial charge in [-0.25, -0.2) is 0 Å². The van der Waals surface area contributed by atoms with Crippen molar-refractivity contribution in [1.29, 1.82) is 0 Å². The Morgan fingerprint density at radius 2 is 2.31 bits per heavy atom. The molecule has 1 atom stereocenters. The molecule has 0 saturated carbocycles. The lowest BCUT2D eigenvalue weighted by Crippen LogP contribution is -2.35. The average molecular weight is 239 g/mol. The molecule has 16 heavy (non-hydrogen) atoms. The molecule has 0 spiro atoms. The third-order valence-electron chi connectivity index (χ3n) is 3.31. The first-order chi connectivity index (χ1) is 7.68. The van der Waals surface area contributed by atoms with Gasteiger partial charge in [-0.2, -0.15) is 0 Å². The van der Waals surface area contributed by atoms with Crippen molar-refractivity contribution in [3.8, 4) is 0 Å². The Morgan fingerprint density at radius 3 is 3.00 bits per heavy atom. The summed E-state index contributed by atoms with van der Waals surface area (Å²) in [5.74, 6) is 0. The van der Waals surface area contributed by atoms with Crippen LogP contribution >= 0.6 is 11.6 Å². The second-order valence-corrected chi connectivity index (χ2v) is 4.96. The van der Waals surface area contributed by atoms with Crippen LogP contribution in [0.15, 0.2) is 18.2 Å². The fourth-order valence-electron chi connectivity index (χ4n) is 2.35. The van der Waals surface area contributed by atoms with Crippen LogP contribution in [0.2, 0.25) is 5.02 Å². The van der Waals surface area contributed by atoms with Gasteiger partial charge in [0.1, 0.15) is 0 Å². The van der Waals surface area contributed by atoms with Crippen molar-refractivity contribution in [2.75, 3.05) is 25.0 Å². The molecular weight excluding hydrogens is 220 g/mol. The average Bonchev–Trinajstić information content (AvgIpc) is 2.74. The van der Waals surface area contributed by atoms with Crippen molar-refractivity contribution >= 4 is 17.3 Å². The molecule has 88 valence electrons. The summed E-state index contributed by atoms with van der Waals surface area (Å²) in [7, 11) is 2.14. The molecular formula is C13H19ClN2. The number of rotatable bonds is 3. The molecule has 1 aromatic carbocycles. The van der Waals surface area contributed by atoms with E-state index in [9.17, 15) is 0 Å². The third-order valence-corrected chi connectivity index (χ3v) is 3.72. The molecule has 0 bridgehead atoms. The standard InChI is InChI=1S/C13H19ClN2/c1-10-12(14)6-3-7-13(10)16(2)9-11-5-4-8-15-11/h3,6-7,11,15H,4-5,8-9H2,1-2H3. The van der Waals surface area contributed by atoms with Crippen LogP contribution in [0.5, 0.6) is 0 Å². The topological polar surface area (TPSA) is 15.3 Å². The van der Waals surface area contributed by atoms with Crippen LogP contribution in [0.4, 0.5) is 5.69 Å². The molecule has 1 aromatic rings. The minimum absolute atomic E-state index is 0.628. The van der Waals surface area contributed by atoms with Crippen LogP contribution in [-0.2, 0) is 0 Å². The monoisotopic (exact) mass is 238 g/mol. The molecule has 1 N–H and O–H groups in total. The van der Waals surface area contributed by atoms with E-state index >= 15 is 0 Å². The summed E-state index contributed by atoms with van der Waals surface area (Å²) < 4.78 is 0. The highest BCUT2D eigenvalue weighted by Gasteiger charge is 2.17. The molecule has 2 rings (SSSR count). The van der Waals surface area contributed by atoms with E-state index in [1.165, 1.54) is 24.1 Å². The molecule has 1 fully saturated rings. The number of hydrogen-bond donors (Lipinski definition) is 1. The van der Waals surface area contributed by atoms with E-state index in [1.807, 2.05) is 12.1 Å². The fourth-order valence-corrected chi connectivity index (χ4v) is 2.52. The van der Waals surface area contributed by atoms with E-state index in [1.54, 1.807) is 0 Å². The second-order valence-electron chi connectivity index (χ2n) is 4.56. The minimum Gasteiger partial charge on any atom is -0.373 e. The molecule has 1 heterocycles. The Bertz CT molecular complexity index is 359. The number of halogens is 1. The van der Waals surface area contributed by atoms with E-state index in [-0.39, 0.29) is 0 Å². The van der Waals surface area contributed by atoms with Crippen LogP contribution < -0.4 is 10.2 Å². The Balaban J connectivity index is 2.07. The molecule has 0 aliphatic carbocycles. The van der Waals surface area contributed by atoms with Gasteiger partial charge in [0, 0.05) is 30.3 Å². The highest BCUT2D eigenvalue weighted by molar-refractivity contribution is 6.31. The summed E-state index contributed by atoms with van der Waals surface area (Å²) in [5.41, 5.74) is 2.41. The molecule has 1 aliphatic rings. The van der Waals surface area contributed by atoms with Gasteiger partial charge in [0.15, 0.2) is 0 Å². The van der Waals surface area contributed by atoms with Gasteiger partial charge in [0.05, 0.1) is 0 Å². The zero-order chi connectivity index (χ0) is 11.5. The maximum absolute atomic E-state index is 6.13. The number of benzene rings is 1. The smallest absolute Gasteiger partial charge is 0.0455 e. The molecule has 0 aromatic heterocycles. The Kier molecular flexibility index (Phi) is 3.72. The lowest BCUT2D eigenvalue weighted by Gasteiger charge is -2.25. The highest BCUT2D eigenvalue weighted by Crippen LogP contribution is 2.26. The van der Waals surface area contributed by atoms with Crippen molar-refractivity contribution in [2.24, 2.45) is 0 Å². The number of nitrogens with one attached hydrogen (secondary N) is 1. The maximum atomic E-state index is 6.13. The Labute approximate surface area is 103 Å². The third kappa shape index (κ3) is 2.50. The summed E-state index contributed by atoms with van der Waals surface area (Å²) in [6, 6.07) is 6.73. The predicted molar refractivity (Wildman–Crippen MR) is 70.5 cm³/mol. The van der Waals surface area contributed by atoms with Crippen LogP contribution in [0.25, 0.3) is 0 Å². The van der Waals surface area contributed by atoms with Crippen molar-refractivity contribution < 1.29 is 0 Å². The summed E-state index contributed by atoms with van der Waals surface area (Å²) in [6.45, 7) is 4.30. The molecule has 0 radical (unpaired) electrons. The van der Waals surface area contributed by atoms with E-state index in [0.717, 1.165) is 18.1 Å². The molecule has 1 saturated heterocycles. The normalized spacial score (nSPS) is 20.1. The number of hydrogen-bond acceptors (Lipinski definition) is 2. The second kappa shape index (κ2) is 5.07. The van der Waals surface area contributed by atoms with E-state index < -0.39 is 0 Å². The fraction of sp³-hybridized carbons (Fsp3) is 0.538. The van der Waals surface area contributed by atoms with Gasteiger partial charge < -0.3 is 10.2 Å². The lowest BCUT2D eigenvalue weighted by atomic mass is 10.1. The van der Waals surface area contributed by atoms with E-state index in [0.29, 0.717) is 6.04 Å². The molecule has 3 heteroatoms. The summed E-state index contributed by atoms with van der Waals surface area (Å²) in [4.78, 5) is 2.30. The van der Waals surface area contributed by atoms with Gasteiger partial charge in [-0.15, -0.1) is 0 Å². The van der Waals surface area contributed by atoms with Crippen molar-refractivity contribution in [2.45, 2.75) is 25.8 Å². The van der Waals surface area contributed by atoms with Gasteiger partial charge in [-0.05, 0) is 44.0 Å². The molecule has 1 unspecified atom stereocenters. The quantitative estimate of drug-likeness (QED) is 0.871. The van der Waals surface area contributed by atoms with Crippen LogP contribution in [0.1, 0.15) is 18.4 Å². The number of anilines is 1. The maximum Gasteiger partial charge on any atom is 0.0455 e. The van der Waals surface area contributed by atoms with Crippen LogP contribution in [-0.4, -0.2) is 26.2 Å². The van der Waals surface area contributed by atoms with Crippen LogP contribution in [0, 0.1) is 6.92 Å². The summed E-state index contributed by atoms with van der Waals surface area (Å²) >= 11 is 6.13. The number of nitrogens with zero attached hydrogens (tertiary/aromatic N) is 1. The molecule has 2 nitrogen and oxygen atoms in total. The number of likely N-dealkylation sites (N-methyl/N-ethyl adjacent to an activating group) is 1. The van der Waals surface area contributed by atoms with Crippen molar-refractivity contribution in [1.82, 2.24) is 5.32 Å². The lowest BCUT2D eigenvalue weighted by molar-refractivity contribution is 0.599. The SMILES string of the molecule is Cc1c(Cl)cccc1N(C)CC1CCCN1. The Hall–Kier alpha value is -0.730. The van der Waals surface area contributed by atoms with Gasteiger partial charge in [-0.1, -0.05) is 17.7 Å². The van der Waals surface area contributed by atoms with Gasteiger partial charge in [-0.3, -0.25) is 0 Å². The zero-order valence-electron chi connectivity index (χ0n) is 9.96. The minimum atomic E-state index is 0.628. The predicted octanol–water partition coefficient (Wildman–Crippen LogP) is 2.84. The van der Waals surface area contributed by atoms with E-state index in [2.05, 4.69) is 30.3 Å². The van der Waals surface area contributed by atoms with Crippen molar-refractivity contribution in [3.05, 3.63) is 28.8 Å². The van der Waals surface area contributed by atoms with Gasteiger partial charge in [0.25, 0.3) is 0 Å². The molecule has 1 aliphatic heterocycles. The summed E-state index contributed by atoms with van der Waals surface area (Å²) in [5, 5.41) is 4.37. The first-order valence-electron chi connectivity index (χ1n) is 5.88. The highest BCUT2D eigenvalue weighted by atomic mass is 35.5. The van der Waals surface area contributed by atoms with Crippen molar-refractivity contribution in [3.63, 3.8) is 0 Å².